The lowest BCUT2D eigenvalue weighted by Crippen LogP contribution is -2.28. The molecule has 274 valence electrons. The molecule has 0 saturated heterocycles. The first-order valence-corrected chi connectivity index (χ1v) is 20.6. The van der Waals surface area contributed by atoms with Crippen molar-refractivity contribution in [3.05, 3.63) is 247 Å². The highest BCUT2D eigenvalue weighted by Crippen LogP contribution is 2.62. The van der Waals surface area contributed by atoms with Gasteiger partial charge in [0, 0.05) is 22.6 Å². The van der Waals surface area contributed by atoms with Gasteiger partial charge in [0.15, 0.2) is 0 Å². The number of hydrogen-bond acceptors (Lipinski definition) is 3. The van der Waals surface area contributed by atoms with E-state index in [0.29, 0.717) is 0 Å². The second kappa shape index (κ2) is 14.1. The van der Waals surface area contributed by atoms with Crippen molar-refractivity contribution >= 4 is 28.8 Å². The van der Waals surface area contributed by atoms with Gasteiger partial charge in [-0.3, -0.25) is 0 Å². The fourth-order valence-corrected chi connectivity index (χ4v) is 10.1. The average Bonchev–Trinajstić information content (AvgIpc) is 3.61. The molecule has 1 aliphatic heterocycles. The van der Waals surface area contributed by atoms with Crippen LogP contribution in [0, 0.1) is 0 Å². The van der Waals surface area contributed by atoms with Crippen molar-refractivity contribution in [1.82, 2.24) is 0 Å². The van der Waals surface area contributed by atoms with Crippen LogP contribution in [0.5, 0.6) is 11.5 Å². The monoisotopic (exact) mass is 759 g/mol. The van der Waals surface area contributed by atoms with Gasteiger partial charge in [-0.1, -0.05) is 182 Å². The molecular weight excluding hydrogens is 723 g/mol. The normalized spacial score (nSPS) is 13.0. The molecule has 0 bridgehead atoms. The highest BCUT2D eigenvalue weighted by molar-refractivity contribution is 7.99. The maximum absolute atomic E-state index is 6.63. The van der Waals surface area contributed by atoms with Gasteiger partial charge in [0.05, 0.1) is 15.2 Å². The maximum Gasteiger partial charge on any atom is 0.142 e. The molecule has 0 atom stereocenters. The number of nitrogens with zero attached hydrogens (tertiary/aromatic N) is 1. The number of rotatable bonds is 7. The summed E-state index contributed by atoms with van der Waals surface area (Å²) in [5.41, 5.74) is 14.9. The van der Waals surface area contributed by atoms with E-state index < -0.39 is 5.41 Å². The van der Waals surface area contributed by atoms with E-state index in [1.54, 1.807) is 0 Å². The Kier molecular flexibility index (Phi) is 8.34. The van der Waals surface area contributed by atoms with Gasteiger partial charge in [-0.05, 0) is 105 Å². The van der Waals surface area contributed by atoms with Crippen LogP contribution in [0.3, 0.4) is 0 Å². The van der Waals surface area contributed by atoms with Crippen molar-refractivity contribution in [2.24, 2.45) is 0 Å². The third-order valence-corrected chi connectivity index (χ3v) is 12.8. The number of fused-ring (bicyclic) bond motifs is 6. The summed E-state index contributed by atoms with van der Waals surface area (Å²) in [6.07, 6.45) is 0. The van der Waals surface area contributed by atoms with Gasteiger partial charge in [-0.15, -0.1) is 0 Å². The molecule has 0 radical (unpaired) electrons. The maximum atomic E-state index is 6.63. The Labute approximate surface area is 343 Å². The molecule has 0 fully saturated rings. The van der Waals surface area contributed by atoms with E-state index in [-0.39, 0.29) is 0 Å². The number of para-hydroxylation sites is 1. The van der Waals surface area contributed by atoms with Gasteiger partial charge in [0.25, 0.3) is 0 Å². The van der Waals surface area contributed by atoms with Crippen molar-refractivity contribution in [3.8, 4) is 44.9 Å². The van der Waals surface area contributed by atoms with Gasteiger partial charge >= 0.3 is 0 Å². The largest absolute Gasteiger partial charge is 0.455 e. The van der Waals surface area contributed by atoms with Crippen LogP contribution in [0.2, 0.25) is 0 Å². The first-order valence-electron chi connectivity index (χ1n) is 19.7. The highest BCUT2D eigenvalue weighted by Gasteiger charge is 2.48. The van der Waals surface area contributed by atoms with Gasteiger partial charge in [0.2, 0.25) is 0 Å². The topological polar surface area (TPSA) is 12.5 Å². The van der Waals surface area contributed by atoms with Gasteiger partial charge in [-0.25, -0.2) is 0 Å². The van der Waals surface area contributed by atoms with Crippen LogP contribution in [0.25, 0.3) is 33.4 Å². The van der Waals surface area contributed by atoms with E-state index in [2.05, 4.69) is 223 Å². The molecule has 9 aromatic rings. The molecule has 0 amide bonds. The number of benzene rings is 9. The van der Waals surface area contributed by atoms with E-state index in [0.717, 1.165) is 38.4 Å². The van der Waals surface area contributed by atoms with Gasteiger partial charge < -0.3 is 9.64 Å². The highest BCUT2D eigenvalue weighted by atomic mass is 32.2. The van der Waals surface area contributed by atoms with Crippen LogP contribution >= 0.6 is 11.8 Å². The van der Waals surface area contributed by atoms with Crippen molar-refractivity contribution in [2.75, 3.05) is 4.90 Å². The lowest BCUT2D eigenvalue weighted by molar-refractivity contribution is 0.454. The molecule has 2 aliphatic rings. The van der Waals surface area contributed by atoms with E-state index in [1.165, 1.54) is 55.6 Å². The quantitative estimate of drug-likeness (QED) is 0.161. The Bertz CT molecular complexity index is 2790. The van der Waals surface area contributed by atoms with Crippen LogP contribution in [-0.4, -0.2) is 0 Å². The summed E-state index contributed by atoms with van der Waals surface area (Å²) < 4.78 is 6.63. The minimum Gasteiger partial charge on any atom is -0.455 e. The van der Waals surface area contributed by atoms with Crippen molar-refractivity contribution in [1.29, 1.82) is 0 Å². The molecular formula is C55H37NOS. The minimum absolute atomic E-state index is 0.588. The smallest absolute Gasteiger partial charge is 0.142 e. The fraction of sp³-hybridized carbons (Fsp3) is 0.0182. The molecule has 0 saturated carbocycles. The second-order valence-corrected chi connectivity index (χ2v) is 15.9. The van der Waals surface area contributed by atoms with Crippen molar-refractivity contribution < 1.29 is 4.74 Å². The molecule has 58 heavy (non-hydrogen) atoms. The van der Waals surface area contributed by atoms with Crippen LogP contribution in [-0.2, 0) is 5.41 Å². The third-order valence-electron chi connectivity index (χ3n) is 11.6. The summed E-state index contributed by atoms with van der Waals surface area (Å²) in [7, 11) is 0. The predicted molar refractivity (Wildman–Crippen MR) is 240 cm³/mol. The summed E-state index contributed by atoms with van der Waals surface area (Å²) in [4.78, 5) is 4.68. The predicted octanol–water partition coefficient (Wildman–Crippen LogP) is 15.1. The number of anilines is 3. The molecule has 0 unspecified atom stereocenters. The zero-order valence-corrected chi connectivity index (χ0v) is 32.4. The Morgan fingerprint density at radius 2 is 0.862 bits per heavy atom. The zero-order valence-electron chi connectivity index (χ0n) is 31.6. The van der Waals surface area contributed by atoms with E-state index >= 15 is 0 Å². The summed E-state index contributed by atoms with van der Waals surface area (Å²) in [5, 5.41) is 0. The van der Waals surface area contributed by atoms with E-state index in [1.807, 2.05) is 17.8 Å². The van der Waals surface area contributed by atoms with Crippen LogP contribution in [0.4, 0.5) is 17.1 Å². The molecule has 2 nitrogen and oxygen atoms in total. The summed E-state index contributed by atoms with van der Waals surface area (Å²) in [5.74, 6) is 1.80. The Balaban J connectivity index is 1.15. The summed E-state index contributed by atoms with van der Waals surface area (Å²) >= 11 is 1.81. The number of hydrogen-bond donors (Lipinski definition) is 0. The first-order chi connectivity index (χ1) is 28.8. The second-order valence-electron chi connectivity index (χ2n) is 14.8. The fourth-order valence-electron chi connectivity index (χ4n) is 9.00. The minimum atomic E-state index is -0.588. The van der Waals surface area contributed by atoms with Crippen molar-refractivity contribution in [3.63, 3.8) is 0 Å². The summed E-state index contributed by atoms with van der Waals surface area (Å²) in [6, 6.07) is 81.1. The molecule has 9 aromatic carbocycles. The van der Waals surface area contributed by atoms with E-state index in [9.17, 15) is 0 Å². The van der Waals surface area contributed by atoms with Gasteiger partial charge in [-0.2, -0.15) is 0 Å². The van der Waals surface area contributed by atoms with Crippen LogP contribution in [0.15, 0.2) is 234 Å². The molecule has 1 heterocycles. The summed E-state index contributed by atoms with van der Waals surface area (Å²) in [6.45, 7) is 0. The molecule has 1 aliphatic carbocycles. The van der Waals surface area contributed by atoms with Crippen LogP contribution < -0.4 is 9.64 Å². The Morgan fingerprint density at radius 3 is 1.43 bits per heavy atom. The lowest BCUT2D eigenvalue weighted by Gasteiger charge is -2.35. The first kappa shape index (κ1) is 34.2. The Hall–Kier alpha value is -7.07. The number of ether oxygens (including phenoxy) is 1. The average molecular weight is 760 g/mol. The van der Waals surface area contributed by atoms with Crippen molar-refractivity contribution in [2.45, 2.75) is 15.2 Å². The Morgan fingerprint density at radius 1 is 0.379 bits per heavy atom. The standard InChI is InChI=1S/C55H37NOS/c1-5-15-38(16-6-1)40-25-29-44(30-26-40)56(45-31-27-41(28-32-45)39-17-7-2-8-18-39)46-33-34-47-49(37-46)55(42-19-9-3-10-20-42,43-21-11-4-12-22-43)48-35-36-51-54(53(47)48)58-52-24-14-13-23-50(52)57-51/h1-37H. The lowest BCUT2D eigenvalue weighted by atomic mass is 9.67. The molecule has 0 spiro atoms. The van der Waals surface area contributed by atoms with Crippen LogP contribution in [0.1, 0.15) is 22.3 Å². The third kappa shape index (κ3) is 5.58. The molecule has 11 rings (SSSR count). The SMILES string of the molecule is c1ccc(-c2ccc(N(c3ccc(-c4ccccc4)cc3)c3ccc4c(c3)C(c3ccccc3)(c3ccccc3)c3ccc5c(c3-4)Sc3ccccc3O5)cc2)cc1. The molecule has 0 N–H and O–H groups in total. The molecule has 0 aromatic heterocycles. The van der Waals surface area contributed by atoms with Gasteiger partial charge in [0.1, 0.15) is 11.5 Å². The van der Waals surface area contributed by atoms with E-state index in [4.69, 9.17) is 4.74 Å². The zero-order chi connectivity index (χ0) is 38.5. The molecule has 3 heteroatoms.